The molecule has 266 valence electrons. The van der Waals surface area contributed by atoms with Crippen LogP contribution < -0.4 is 9.64 Å². The molecule has 0 radical (unpaired) electrons. The Kier molecular flexibility index (Phi) is 10.6. The van der Waals surface area contributed by atoms with Crippen molar-refractivity contribution >= 4 is 28.8 Å². The topological polar surface area (TPSA) is 83.0 Å². The van der Waals surface area contributed by atoms with E-state index < -0.39 is 35.0 Å². The van der Waals surface area contributed by atoms with Gasteiger partial charge in [0.25, 0.3) is 0 Å². The lowest BCUT2D eigenvalue weighted by molar-refractivity contribution is -0.152. The van der Waals surface area contributed by atoms with Crippen molar-refractivity contribution in [1.82, 2.24) is 9.88 Å². The van der Waals surface area contributed by atoms with Gasteiger partial charge in [0, 0.05) is 60.8 Å². The Bertz CT molecular complexity index is 1830. The molecule has 1 aliphatic heterocycles. The molecule has 5 rings (SSSR count). The van der Waals surface area contributed by atoms with Crippen molar-refractivity contribution < 1.29 is 45.8 Å². The molecular weight excluding hydrogens is 684 g/mol. The zero-order chi connectivity index (χ0) is 36.4. The summed E-state index contributed by atoms with van der Waals surface area (Å²) in [5.41, 5.74) is 0.00201. The number of carbonyl (C=O) groups excluding carboxylic acids is 1. The molecule has 1 fully saturated rings. The second-order valence-corrected chi connectivity index (χ2v) is 13.7. The highest BCUT2D eigenvalue weighted by molar-refractivity contribution is 7.15. The van der Waals surface area contributed by atoms with Gasteiger partial charge in [-0.15, -0.1) is 11.3 Å². The third kappa shape index (κ3) is 8.83. The number of alkyl halides is 6. The molecule has 0 atom stereocenters. The number of thiazole rings is 1. The maximum Gasteiger partial charge on any atom is 0.416 e. The first kappa shape index (κ1) is 36.8. The number of nitrogens with zero attached hydrogens (tertiary/aromatic N) is 3. The van der Waals surface area contributed by atoms with E-state index in [-0.39, 0.29) is 12.2 Å². The summed E-state index contributed by atoms with van der Waals surface area (Å²) in [6.45, 7) is 7.33. The van der Waals surface area contributed by atoms with Crippen molar-refractivity contribution in [3.05, 3.63) is 99.6 Å². The van der Waals surface area contributed by atoms with E-state index in [4.69, 9.17) is 9.72 Å². The van der Waals surface area contributed by atoms with Gasteiger partial charge in [-0.05, 0) is 87.4 Å². The lowest BCUT2D eigenvalue weighted by Crippen LogP contribution is -2.46. The molecular formula is C36H35F6N3O4S. The number of halogens is 6. The molecule has 1 N–H and O–H groups in total. The number of aliphatic carboxylic acids is 1. The zero-order valence-corrected chi connectivity index (χ0v) is 28.3. The first-order valence-electron chi connectivity index (χ1n) is 15.8. The summed E-state index contributed by atoms with van der Waals surface area (Å²) in [7, 11) is 0. The number of carboxylic acid groups (broad SMARTS) is 1. The fraction of sp³-hybridized carbons (Fsp3) is 0.361. The number of ether oxygens (including phenoxy) is 1. The summed E-state index contributed by atoms with van der Waals surface area (Å²) in [4.78, 5) is 34.5. The Labute approximate surface area is 289 Å². The number of piperazine rings is 1. The highest BCUT2D eigenvalue weighted by Crippen LogP contribution is 2.35. The number of ketones is 1. The first-order valence-corrected chi connectivity index (χ1v) is 16.6. The number of Topliss-reactive ketones (excluding diaryl/α,β-unsaturated/α-hetero) is 1. The van der Waals surface area contributed by atoms with Crippen LogP contribution in [0.25, 0.3) is 10.6 Å². The Morgan fingerprint density at radius 3 is 1.98 bits per heavy atom. The van der Waals surface area contributed by atoms with Gasteiger partial charge in [-0.3, -0.25) is 9.69 Å². The lowest BCUT2D eigenvalue weighted by atomic mass is 10.0. The molecule has 3 aromatic carbocycles. The summed E-state index contributed by atoms with van der Waals surface area (Å²) < 4.78 is 84.2. The summed E-state index contributed by atoms with van der Waals surface area (Å²) in [5, 5.41) is 9.91. The van der Waals surface area contributed by atoms with E-state index in [0.29, 0.717) is 78.0 Å². The third-order valence-electron chi connectivity index (χ3n) is 8.50. The van der Waals surface area contributed by atoms with Crippen LogP contribution in [0.15, 0.2) is 66.7 Å². The maximum atomic E-state index is 13.3. The van der Waals surface area contributed by atoms with Crippen LogP contribution >= 0.6 is 11.3 Å². The van der Waals surface area contributed by atoms with Crippen molar-refractivity contribution in [3.8, 4) is 16.3 Å². The van der Waals surface area contributed by atoms with E-state index in [2.05, 4.69) is 4.90 Å². The van der Waals surface area contributed by atoms with Crippen molar-refractivity contribution in [1.29, 1.82) is 0 Å². The van der Waals surface area contributed by atoms with Gasteiger partial charge in [0.05, 0.1) is 16.8 Å². The Morgan fingerprint density at radius 1 is 0.860 bits per heavy atom. The van der Waals surface area contributed by atoms with Gasteiger partial charge < -0.3 is 14.7 Å². The third-order valence-corrected chi connectivity index (χ3v) is 9.71. The van der Waals surface area contributed by atoms with E-state index in [1.54, 1.807) is 25.1 Å². The quantitative estimate of drug-likeness (QED) is 0.123. The van der Waals surface area contributed by atoms with Gasteiger partial charge in [-0.1, -0.05) is 12.1 Å². The average Bonchev–Trinajstić information content (AvgIpc) is 3.46. The standard InChI is InChI=1S/C36H35F6N3O4S/c1-22-20-24(6-14-30(22)49-34(2,3)33(47)48)29(46)13-15-31-28(43-32(50-31)23-4-7-25(8-5-23)35(37,38)39)21-44-16-18-45(19-17-44)27-11-9-26(10-12-27)36(40,41)42/h4-12,14,20H,13,15-19,21H2,1-3H3,(H,47,48). The molecule has 1 aliphatic rings. The van der Waals surface area contributed by atoms with Crippen LogP contribution in [0.3, 0.4) is 0 Å². The van der Waals surface area contributed by atoms with Crippen LogP contribution in [0, 0.1) is 6.92 Å². The first-order chi connectivity index (χ1) is 23.4. The normalized spacial score (nSPS) is 14.5. The number of benzene rings is 3. The highest BCUT2D eigenvalue weighted by atomic mass is 32.1. The fourth-order valence-corrected chi connectivity index (χ4v) is 6.57. The summed E-state index contributed by atoms with van der Waals surface area (Å²) in [6.07, 6.45) is -8.42. The zero-order valence-electron chi connectivity index (χ0n) is 27.5. The second kappa shape index (κ2) is 14.4. The van der Waals surface area contributed by atoms with Gasteiger partial charge in [0.15, 0.2) is 11.4 Å². The van der Waals surface area contributed by atoms with E-state index >= 15 is 0 Å². The van der Waals surface area contributed by atoms with Gasteiger partial charge in [0.2, 0.25) is 0 Å². The number of aromatic nitrogens is 1. The monoisotopic (exact) mass is 719 g/mol. The number of carbonyl (C=O) groups is 2. The predicted molar refractivity (Wildman–Crippen MR) is 178 cm³/mol. The van der Waals surface area contributed by atoms with Crippen molar-refractivity contribution in [3.63, 3.8) is 0 Å². The molecule has 0 amide bonds. The van der Waals surface area contributed by atoms with Crippen LogP contribution in [0.2, 0.25) is 0 Å². The number of carboxylic acids is 1. The van der Waals surface area contributed by atoms with Crippen LogP contribution in [0.5, 0.6) is 5.75 Å². The van der Waals surface area contributed by atoms with Gasteiger partial charge in [-0.2, -0.15) is 26.3 Å². The van der Waals surface area contributed by atoms with Crippen molar-refractivity contribution in [2.45, 2.75) is 58.1 Å². The molecule has 0 saturated carbocycles. The van der Waals surface area contributed by atoms with Gasteiger partial charge in [-0.25, -0.2) is 9.78 Å². The number of hydrogen-bond acceptors (Lipinski definition) is 7. The summed E-state index contributed by atoms with van der Waals surface area (Å²) in [5.74, 6) is -0.940. The molecule has 4 aromatic rings. The smallest absolute Gasteiger partial charge is 0.416 e. The van der Waals surface area contributed by atoms with Crippen LogP contribution in [0.1, 0.15) is 57.9 Å². The van der Waals surface area contributed by atoms with Crippen molar-refractivity contribution in [2.75, 3.05) is 31.1 Å². The fourth-order valence-electron chi connectivity index (χ4n) is 5.49. The molecule has 2 heterocycles. The molecule has 0 spiro atoms. The Balaban J connectivity index is 1.30. The molecule has 1 aromatic heterocycles. The number of aryl methyl sites for hydroxylation is 2. The summed E-state index contributed by atoms with van der Waals surface area (Å²) >= 11 is 1.32. The SMILES string of the molecule is Cc1cc(C(=O)CCc2sc(-c3ccc(C(F)(F)F)cc3)nc2CN2CCN(c3ccc(C(F)(F)F)cc3)CC2)ccc1OC(C)(C)C(=O)O. The van der Waals surface area contributed by atoms with E-state index in [0.717, 1.165) is 29.1 Å². The Morgan fingerprint density at radius 2 is 1.44 bits per heavy atom. The number of hydrogen-bond donors (Lipinski definition) is 1. The van der Waals surface area contributed by atoms with Gasteiger partial charge >= 0.3 is 18.3 Å². The van der Waals surface area contributed by atoms with Gasteiger partial charge in [0.1, 0.15) is 10.8 Å². The van der Waals surface area contributed by atoms with E-state index in [1.807, 2.05) is 4.90 Å². The predicted octanol–water partition coefficient (Wildman–Crippen LogP) is 8.54. The largest absolute Gasteiger partial charge is 0.478 e. The van der Waals surface area contributed by atoms with Crippen LogP contribution in [0.4, 0.5) is 32.0 Å². The van der Waals surface area contributed by atoms with E-state index in [9.17, 15) is 41.0 Å². The summed E-state index contributed by atoms with van der Waals surface area (Å²) in [6, 6.07) is 14.6. The minimum atomic E-state index is -4.48. The molecule has 7 nitrogen and oxygen atoms in total. The number of anilines is 1. The highest BCUT2D eigenvalue weighted by Gasteiger charge is 2.32. The molecule has 1 saturated heterocycles. The van der Waals surface area contributed by atoms with Crippen LogP contribution in [-0.2, 0) is 30.1 Å². The maximum absolute atomic E-state index is 13.3. The van der Waals surface area contributed by atoms with Crippen molar-refractivity contribution in [2.24, 2.45) is 0 Å². The average molecular weight is 720 g/mol. The molecule has 14 heteroatoms. The second-order valence-electron chi connectivity index (χ2n) is 12.6. The molecule has 0 bridgehead atoms. The molecule has 50 heavy (non-hydrogen) atoms. The minimum absolute atomic E-state index is 0.129. The van der Waals surface area contributed by atoms with Crippen LogP contribution in [-0.4, -0.2) is 58.5 Å². The Hall–Kier alpha value is -4.43. The molecule has 0 aliphatic carbocycles. The number of rotatable bonds is 11. The molecule has 0 unspecified atom stereocenters. The lowest BCUT2D eigenvalue weighted by Gasteiger charge is -2.36. The minimum Gasteiger partial charge on any atom is -0.478 e. The van der Waals surface area contributed by atoms with E-state index in [1.165, 1.54) is 49.4 Å².